The molecule has 0 radical (unpaired) electrons. The molecule has 1 saturated carbocycles. The molecular weight excluding hydrogens is 461 g/mol. The first-order valence-corrected chi connectivity index (χ1v) is 11.6. The molecule has 0 atom stereocenters. The average Bonchev–Trinajstić information content (AvgIpc) is 2.81. The van der Waals surface area contributed by atoms with E-state index in [0.717, 1.165) is 54.7 Å². The number of carbonyl (C=O) groups excluding carboxylic acids is 3. The molecule has 0 spiro atoms. The number of anilines is 2. The van der Waals surface area contributed by atoms with E-state index in [1.165, 1.54) is 18.3 Å². The van der Waals surface area contributed by atoms with Crippen LogP contribution in [0.2, 0.25) is 0 Å². The Morgan fingerprint density at radius 2 is 1.77 bits per heavy atom. The lowest BCUT2D eigenvalue weighted by Crippen LogP contribution is -2.45. The van der Waals surface area contributed by atoms with Gasteiger partial charge < -0.3 is 15.5 Å². The largest absolute Gasteiger partial charge is 0.416 e. The minimum atomic E-state index is -4.60. The molecule has 1 aliphatic carbocycles. The molecule has 0 bridgehead atoms. The number of pyridine rings is 1. The van der Waals surface area contributed by atoms with E-state index in [4.69, 9.17) is 0 Å². The van der Waals surface area contributed by atoms with Gasteiger partial charge in [0.05, 0.1) is 5.56 Å². The Balaban J connectivity index is 1.70. The lowest BCUT2D eigenvalue weighted by Gasteiger charge is -2.26. The average molecular weight is 491 g/mol. The fourth-order valence-electron chi connectivity index (χ4n) is 4.00. The molecule has 2 aromatic rings. The second-order valence-corrected chi connectivity index (χ2v) is 8.70. The summed E-state index contributed by atoms with van der Waals surface area (Å²) in [6.45, 7) is 1.41. The Kier molecular flexibility index (Phi) is 8.84. The molecule has 7 nitrogen and oxygen atoms in total. The van der Waals surface area contributed by atoms with Crippen LogP contribution in [0.1, 0.15) is 56.1 Å². The third-order valence-corrected chi connectivity index (χ3v) is 5.81. The van der Waals surface area contributed by atoms with Crippen molar-refractivity contribution in [1.29, 1.82) is 0 Å². The third kappa shape index (κ3) is 8.08. The lowest BCUT2D eigenvalue weighted by atomic mass is 9.95. The Morgan fingerprint density at radius 1 is 1.03 bits per heavy atom. The Hall–Kier alpha value is -3.43. The van der Waals surface area contributed by atoms with Crippen molar-refractivity contribution in [3.63, 3.8) is 0 Å². The van der Waals surface area contributed by atoms with E-state index < -0.39 is 36.0 Å². The predicted molar refractivity (Wildman–Crippen MR) is 126 cm³/mol. The second-order valence-electron chi connectivity index (χ2n) is 8.70. The molecule has 0 aliphatic heterocycles. The molecule has 2 N–H and O–H groups in total. The van der Waals surface area contributed by atoms with Gasteiger partial charge in [0.1, 0.15) is 12.4 Å². The zero-order chi connectivity index (χ0) is 25.4. The number of carbonyl (C=O) groups is 3. The monoisotopic (exact) mass is 490 g/mol. The highest BCUT2D eigenvalue weighted by Gasteiger charge is 2.32. The highest BCUT2D eigenvalue weighted by atomic mass is 19.4. The predicted octanol–water partition coefficient (Wildman–Crippen LogP) is 4.61. The minimum absolute atomic E-state index is 0.0117. The number of benzene rings is 1. The van der Waals surface area contributed by atoms with Crippen LogP contribution < -0.4 is 15.5 Å². The van der Waals surface area contributed by atoms with E-state index in [0.29, 0.717) is 5.82 Å². The highest BCUT2D eigenvalue weighted by molar-refractivity contribution is 6.01. The van der Waals surface area contributed by atoms with Gasteiger partial charge in [-0.3, -0.25) is 14.4 Å². The molecule has 188 valence electrons. The van der Waals surface area contributed by atoms with E-state index in [-0.39, 0.29) is 24.6 Å². The van der Waals surface area contributed by atoms with Crippen molar-refractivity contribution >= 4 is 29.2 Å². The van der Waals surface area contributed by atoms with Crippen molar-refractivity contribution in [3.8, 4) is 0 Å². The van der Waals surface area contributed by atoms with Crippen molar-refractivity contribution in [2.45, 2.75) is 64.1 Å². The van der Waals surface area contributed by atoms with Gasteiger partial charge in [0.25, 0.3) is 0 Å². The van der Waals surface area contributed by atoms with Crippen LogP contribution in [0.4, 0.5) is 24.7 Å². The smallest absolute Gasteiger partial charge is 0.352 e. The van der Waals surface area contributed by atoms with E-state index >= 15 is 0 Å². The topological polar surface area (TPSA) is 91.4 Å². The number of aryl methyl sites for hydroxylation is 1. The summed E-state index contributed by atoms with van der Waals surface area (Å²) in [5, 5.41) is 5.47. The molecule has 1 fully saturated rings. The van der Waals surface area contributed by atoms with Gasteiger partial charge >= 0.3 is 6.18 Å². The summed E-state index contributed by atoms with van der Waals surface area (Å²) >= 11 is 0. The van der Waals surface area contributed by atoms with Gasteiger partial charge in [-0.2, -0.15) is 13.2 Å². The summed E-state index contributed by atoms with van der Waals surface area (Å²) in [4.78, 5) is 43.0. The van der Waals surface area contributed by atoms with Crippen LogP contribution in [-0.4, -0.2) is 35.3 Å². The standard InChI is InChI=1S/C25H29F3N4O3/c1-17-12-13-29-21(14-17)31-22(33)10-11-24(35)32(16-23(34)30-19-7-3-2-4-8-19)20-9-5-6-18(15-20)25(26,27)28/h5-6,9,12-15,19H,2-4,7-8,10-11,16H2,1H3,(H,30,34)(H,29,31,33). The number of alkyl halides is 3. The van der Waals surface area contributed by atoms with E-state index in [9.17, 15) is 27.6 Å². The van der Waals surface area contributed by atoms with Crippen LogP contribution in [-0.2, 0) is 20.6 Å². The maximum atomic E-state index is 13.3. The maximum absolute atomic E-state index is 13.3. The molecule has 10 heteroatoms. The van der Waals surface area contributed by atoms with Gasteiger partial charge in [0.15, 0.2) is 0 Å². The summed E-state index contributed by atoms with van der Waals surface area (Å²) in [5.74, 6) is -1.21. The molecule has 1 aliphatic rings. The van der Waals surface area contributed by atoms with Gasteiger partial charge in [-0.25, -0.2) is 4.98 Å². The van der Waals surface area contributed by atoms with Crippen LogP contribution in [0.5, 0.6) is 0 Å². The Morgan fingerprint density at radius 3 is 2.46 bits per heavy atom. The van der Waals surface area contributed by atoms with Gasteiger partial charge in [0.2, 0.25) is 17.7 Å². The van der Waals surface area contributed by atoms with E-state index in [1.807, 2.05) is 6.92 Å². The number of rotatable bonds is 8. The molecule has 1 heterocycles. The zero-order valence-electron chi connectivity index (χ0n) is 19.5. The van der Waals surface area contributed by atoms with Crippen LogP contribution in [0.25, 0.3) is 0 Å². The molecule has 1 aromatic carbocycles. The lowest BCUT2D eigenvalue weighted by molar-refractivity contribution is -0.137. The highest BCUT2D eigenvalue weighted by Crippen LogP contribution is 2.32. The number of amides is 3. The maximum Gasteiger partial charge on any atom is 0.416 e. The number of hydrogen-bond donors (Lipinski definition) is 2. The van der Waals surface area contributed by atoms with Crippen molar-refractivity contribution in [2.75, 3.05) is 16.8 Å². The molecule has 3 rings (SSSR count). The second kappa shape index (κ2) is 11.8. The first kappa shape index (κ1) is 26.2. The minimum Gasteiger partial charge on any atom is -0.352 e. The normalized spacial score (nSPS) is 14.3. The third-order valence-electron chi connectivity index (χ3n) is 5.81. The van der Waals surface area contributed by atoms with Crippen LogP contribution >= 0.6 is 0 Å². The summed E-state index contributed by atoms with van der Waals surface area (Å²) < 4.78 is 39.8. The summed E-state index contributed by atoms with van der Waals surface area (Å²) in [7, 11) is 0. The first-order valence-electron chi connectivity index (χ1n) is 11.6. The number of hydrogen-bond acceptors (Lipinski definition) is 4. The van der Waals surface area contributed by atoms with Crippen LogP contribution in [0, 0.1) is 6.92 Å². The number of aromatic nitrogens is 1. The SMILES string of the molecule is Cc1ccnc(NC(=O)CCC(=O)N(CC(=O)NC2CCCCC2)c2cccc(C(F)(F)F)c2)c1. The van der Waals surface area contributed by atoms with Gasteiger partial charge in [-0.1, -0.05) is 25.3 Å². The van der Waals surface area contributed by atoms with Gasteiger partial charge in [-0.05, 0) is 55.7 Å². The molecule has 1 aromatic heterocycles. The fourth-order valence-corrected chi connectivity index (χ4v) is 4.00. The molecule has 3 amide bonds. The molecule has 35 heavy (non-hydrogen) atoms. The number of nitrogens with one attached hydrogen (secondary N) is 2. The summed E-state index contributed by atoms with van der Waals surface area (Å²) in [5.41, 5.74) is -0.0841. The molecule has 0 saturated heterocycles. The van der Waals surface area contributed by atoms with E-state index in [2.05, 4.69) is 15.6 Å². The number of nitrogens with zero attached hydrogens (tertiary/aromatic N) is 2. The summed E-state index contributed by atoms with van der Waals surface area (Å²) in [6, 6.07) is 7.70. The first-order chi connectivity index (χ1) is 16.6. The quantitative estimate of drug-likeness (QED) is 0.565. The van der Waals surface area contributed by atoms with Gasteiger partial charge in [-0.15, -0.1) is 0 Å². The van der Waals surface area contributed by atoms with Crippen LogP contribution in [0.15, 0.2) is 42.6 Å². The van der Waals surface area contributed by atoms with Crippen LogP contribution in [0.3, 0.4) is 0 Å². The van der Waals surface area contributed by atoms with Crippen molar-refractivity contribution in [2.24, 2.45) is 0 Å². The van der Waals surface area contributed by atoms with Crippen molar-refractivity contribution in [3.05, 3.63) is 53.7 Å². The van der Waals surface area contributed by atoms with Crippen molar-refractivity contribution in [1.82, 2.24) is 10.3 Å². The number of halogens is 3. The Bertz CT molecular complexity index is 1050. The van der Waals surface area contributed by atoms with E-state index in [1.54, 1.807) is 12.1 Å². The Labute approximate surface area is 202 Å². The zero-order valence-corrected chi connectivity index (χ0v) is 19.5. The molecule has 0 unspecified atom stereocenters. The van der Waals surface area contributed by atoms with Crippen molar-refractivity contribution < 1.29 is 27.6 Å². The fraction of sp³-hybridized carbons (Fsp3) is 0.440. The summed E-state index contributed by atoms with van der Waals surface area (Å²) in [6.07, 6.45) is 1.18. The molecular formula is C25H29F3N4O3. The van der Waals surface area contributed by atoms with Gasteiger partial charge in [0, 0.05) is 30.8 Å².